The first-order valence-electron chi connectivity index (χ1n) is 9.03. The molecule has 2 aromatic carbocycles. The van der Waals surface area contributed by atoms with Crippen molar-refractivity contribution in [1.29, 1.82) is 0 Å². The standard InChI is InChI=1S/C21H25N5O/c1-15-13-19(26(2)3)25-21(24-15)23-12-11-22-20(27)14-17-9-6-8-16-7-4-5-10-18(16)17/h4-10,13H,11-12,14H2,1-3H3,(H,22,27)(H,23,24,25). The number of aromatic nitrogens is 2. The Labute approximate surface area is 159 Å². The van der Waals surface area contributed by atoms with E-state index in [9.17, 15) is 4.79 Å². The summed E-state index contributed by atoms with van der Waals surface area (Å²) in [7, 11) is 3.89. The average Bonchev–Trinajstić information content (AvgIpc) is 2.65. The van der Waals surface area contributed by atoms with Gasteiger partial charge in [-0.25, -0.2) is 4.98 Å². The second-order valence-corrected chi connectivity index (χ2v) is 6.68. The first-order chi connectivity index (χ1) is 13.0. The lowest BCUT2D eigenvalue weighted by molar-refractivity contribution is -0.120. The third-order valence-corrected chi connectivity index (χ3v) is 4.26. The van der Waals surface area contributed by atoms with Crippen LogP contribution in [0.3, 0.4) is 0 Å². The van der Waals surface area contributed by atoms with Crippen molar-refractivity contribution in [2.24, 2.45) is 0 Å². The zero-order valence-electron chi connectivity index (χ0n) is 16.0. The quantitative estimate of drug-likeness (QED) is 0.632. The molecule has 0 aliphatic rings. The van der Waals surface area contributed by atoms with Crippen molar-refractivity contribution in [2.75, 3.05) is 37.4 Å². The fraction of sp³-hybridized carbons (Fsp3) is 0.286. The molecule has 0 fully saturated rings. The van der Waals surface area contributed by atoms with Gasteiger partial charge < -0.3 is 15.5 Å². The van der Waals surface area contributed by atoms with E-state index in [0.717, 1.165) is 27.8 Å². The number of carbonyl (C=O) groups excluding carboxylic acids is 1. The number of nitrogens with zero attached hydrogens (tertiary/aromatic N) is 3. The Morgan fingerprint density at radius 3 is 2.63 bits per heavy atom. The molecule has 0 spiro atoms. The molecule has 1 heterocycles. The van der Waals surface area contributed by atoms with E-state index in [-0.39, 0.29) is 5.91 Å². The topological polar surface area (TPSA) is 70.2 Å². The Morgan fingerprint density at radius 1 is 1.04 bits per heavy atom. The highest BCUT2D eigenvalue weighted by atomic mass is 16.1. The minimum Gasteiger partial charge on any atom is -0.363 e. The van der Waals surface area contributed by atoms with Gasteiger partial charge in [0.05, 0.1) is 6.42 Å². The molecular formula is C21H25N5O. The zero-order valence-corrected chi connectivity index (χ0v) is 16.0. The van der Waals surface area contributed by atoms with Gasteiger partial charge in [0.2, 0.25) is 11.9 Å². The van der Waals surface area contributed by atoms with Crippen LogP contribution in [0, 0.1) is 6.92 Å². The summed E-state index contributed by atoms with van der Waals surface area (Å²) in [5, 5.41) is 8.39. The number of fused-ring (bicyclic) bond motifs is 1. The van der Waals surface area contributed by atoms with Crippen molar-refractivity contribution < 1.29 is 4.79 Å². The Hall–Kier alpha value is -3.15. The molecular weight excluding hydrogens is 338 g/mol. The minimum absolute atomic E-state index is 0.00675. The van der Waals surface area contributed by atoms with Crippen LogP contribution in [0.4, 0.5) is 11.8 Å². The lowest BCUT2D eigenvalue weighted by Crippen LogP contribution is -2.30. The molecule has 6 heteroatoms. The van der Waals surface area contributed by atoms with Crippen LogP contribution in [0.5, 0.6) is 0 Å². The first kappa shape index (κ1) is 18.6. The maximum Gasteiger partial charge on any atom is 0.224 e. The van der Waals surface area contributed by atoms with E-state index < -0.39 is 0 Å². The molecule has 3 aromatic rings. The average molecular weight is 363 g/mol. The molecule has 1 amide bonds. The Bertz CT molecular complexity index is 934. The molecule has 27 heavy (non-hydrogen) atoms. The second kappa shape index (κ2) is 8.49. The highest BCUT2D eigenvalue weighted by Crippen LogP contribution is 2.18. The van der Waals surface area contributed by atoms with E-state index >= 15 is 0 Å². The van der Waals surface area contributed by atoms with Gasteiger partial charge in [-0.2, -0.15) is 4.98 Å². The van der Waals surface area contributed by atoms with Gasteiger partial charge in [0.15, 0.2) is 0 Å². The van der Waals surface area contributed by atoms with E-state index in [1.54, 1.807) is 0 Å². The smallest absolute Gasteiger partial charge is 0.224 e. The summed E-state index contributed by atoms with van der Waals surface area (Å²) in [5.41, 5.74) is 1.94. The van der Waals surface area contributed by atoms with Crippen LogP contribution in [0.2, 0.25) is 0 Å². The number of carbonyl (C=O) groups is 1. The van der Waals surface area contributed by atoms with E-state index in [1.807, 2.05) is 56.3 Å². The third kappa shape index (κ3) is 4.94. The molecule has 0 atom stereocenters. The zero-order chi connectivity index (χ0) is 19.2. The largest absolute Gasteiger partial charge is 0.363 e. The van der Waals surface area contributed by atoms with E-state index in [4.69, 9.17) is 0 Å². The fourth-order valence-electron chi connectivity index (χ4n) is 2.92. The van der Waals surface area contributed by atoms with Gasteiger partial charge in [-0.15, -0.1) is 0 Å². The van der Waals surface area contributed by atoms with Crippen molar-refractivity contribution >= 4 is 28.4 Å². The summed E-state index contributed by atoms with van der Waals surface area (Å²) >= 11 is 0. The number of amides is 1. The summed E-state index contributed by atoms with van der Waals surface area (Å²) in [5.74, 6) is 1.43. The highest BCUT2D eigenvalue weighted by molar-refractivity contribution is 5.90. The van der Waals surface area contributed by atoms with Crippen molar-refractivity contribution in [2.45, 2.75) is 13.3 Å². The van der Waals surface area contributed by atoms with E-state index in [0.29, 0.717) is 25.5 Å². The lowest BCUT2D eigenvalue weighted by Gasteiger charge is -2.14. The van der Waals surface area contributed by atoms with Gasteiger partial charge in [0, 0.05) is 38.9 Å². The van der Waals surface area contributed by atoms with Crippen LogP contribution in [0.25, 0.3) is 10.8 Å². The Morgan fingerprint density at radius 2 is 1.81 bits per heavy atom. The first-order valence-corrected chi connectivity index (χ1v) is 9.03. The molecule has 0 unspecified atom stereocenters. The predicted molar refractivity (Wildman–Crippen MR) is 110 cm³/mol. The normalized spacial score (nSPS) is 10.6. The monoisotopic (exact) mass is 363 g/mol. The molecule has 2 N–H and O–H groups in total. The molecule has 6 nitrogen and oxygen atoms in total. The van der Waals surface area contributed by atoms with Crippen molar-refractivity contribution in [3.05, 3.63) is 59.8 Å². The number of benzene rings is 2. The molecule has 0 radical (unpaired) electrons. The Kier molecular flexibility index (Phi) is 5.86. The molecule has 3 rings (SSSR count). The predicted octanol–water partition coefficient (Wildman–Crippen LogP) is 2.78. The second-order valence-electron chi connectivity index (χ2n) is 6.68. The number of anilines is 2. The fourth-order valence-corrected chi connectivity index (χ4v) is 2.92. The van der Waals surface area contributed by atoms with Gasteiger partial charge in [-0.3, -0.25) is 4.79 Å². The van der Waals surface area contributed by atoms with Crippen LogP contribution in [-0.2, 0) is 11.2 Å². The molecule has 140 valence electrons. The molecule has 0 bridgehead atoms. The van der Waals surface area contributed by atoms with Gasteiger partial charge in [0.1, 0.15) is 5.82 Å². The molecule has 1 aromatic heterocycles. The van der Waals surface area contributed by atoms with E-state index in [2.05, 4.69) is 38.8 Å². The molecule has 0 saturated carbocycles. The van der Waals surface area contributed by atoms with E-state index in [1.165, 1.54) is 0 Å². The summed E-state index contributed by atoms with van der Waals surface area (Å²) in [6.07, 6.45) is 0.368. The van der Waals surface area contributed by atoms with Crippen LogP contribution < -0.4 is 15.5 Å². The summed E-state index contributed by atoms with van der Waals surface area (Å²) < 4.78 is 0. The van der Waals surface area contributed by atoms with Crippen LogP contribution in [0.1, 0.15) is 11.3 Å². The maximum absolute atomic E-state index is 12.3. The van der Waals surface area contributed by atoms with Gasteiger partial charge in [-0.1, -0.05) is 42.5 Å². The van der Waals surface area contributed by atoms with Crippen LogP contribution in [0.15, 0.2) is 48.5 Å². The van der Waals surface area contributed by atoms with Crippen molar-refractivity contribution in [3.63, 3.8) is 0 Å². The van der Waals surface area contributed by atoms with Gasteiger partial charge >= 0.3 is 0 Å². The van der Waals surface area contributed by atoms with Crippen molar-refractivity contribution in [3.8, 4) is 0 Å². The number of hydrogen-bond donors (Lipinski definition) is 2. The third-order valence-electron chi connectivity index (χ3n) is 4.26. The number of hydrogen-bond acceptors (Lipinski definition) is 5. The SMILES string of the molecule is Cc1cc(N(C)C)nc(NCCNC(=O)Cc2cccc3ccccc23)n1. The molecule has 0 aliphatic carbocycles. The van der Waals surface area contributed by atoms with Crippen molar-refractivity contribution in [1.82, 2.24) is 15.3 Å². The number of aryl methyl sites for hydroxylation is 1. The lowest BCUT2D eigenvalue weighted by atomic mass is 10.0. The molecule has 0 saturated heterocycles. The maximum atomic E-state index is 12.3. The number of rotatable bonds is 7. The highest BCUT2D eigenvalue weighted by Gasteiger charge is 2.07. The Balaban J connectivity index is 1.51. The summed E-state index contributed by atoms with van der Waals surface area (Å²) in [6, 6.07) is 16.1. The van der Waals surface area contributed by atoms with Gasteiger partial charge in [-0.05, 0) is 23.3 Å². The van der Waals surface area contributed by atoms with Crippen LogP contribution in [-0.4, -0.2) is 43.1 Å². The minimum atomic E-state index is 0.00675. The van der Waals surface area contributed by atoms with Crippen LogP contribution >= 0.6 is 0 Å². The summed E-state index contributed by atoms with van der Waals surface area (Å²) in [4.78, 5) is 23.0. The summed E-state index contributed by atoms with van der Waals surface area (Å²) in [6.45, 7) is 3.02. The number of nitrogens with one attached hydrogen (secondary N) is 2. The molecule has 0 aliphatic heterocycles. The van der Waals surface area contributed by atoms with Gasteiger partial charge in [0.25, 0.3) is 0 Å².